The van der Waals surface area contributed by atoms with Crippen molar-refractivity contribution in [1.82, 2.24) is 13.9 Å². The van der Waals surface area contributed by atoms with Crippen LogP contribution in [-0.4, -0.2) is 46.2 Å². The third-order valence-electron chi connectivity index (χ3n) is 4.42. The van der Waals surface area contributed by atoms with Crippen molar-refractivity contribution in [3.63, 3.8) is 0 Å². The molecule has 3 rings (SSSR count). The number of halogens is 4. The van der Waals surface area contributed by atoms with E-state index in [1.807, 2.05) is 0 Å². The van der Waals surface area contributed by atoms with Crippen molar-refractivity contribution in [2.45, 2.75) is 24.0 Å². The molecule has 0 radical (unpaired) electrons. The van der Waals surface area contributed by atoms with Gasteiger partial charge in [0.2, 0.25) is 10.0 Å². The number of fused-ring (bicyclic) bond motifs is 1. The van der Waals surface area contributed by atoms with Crippen molar-refractivity contribution < 1.29 is 35.9 Å². The van der Waals surface area contributed by atoms with Crippen molar-refractivity contribution in [3.8, 4) is 0 Å². The minimum Gasteiger partial charge on any atom is -0.464 e. The van der Waals surface area contributed by atoms with Crippen molar-refractivity contribution in [3.05, 3.63) is 60.2 Å². The van der Waals surface area contributed by atoms with Gasteiger partial charge in [-0.1, -0.05) is 19.1 Å². The highest BCUT2D eigenvalue weighted by Gasteiger charge is 2.48. The van der Waals surface area contributed by atoms with E-state index in [1.54, 1.807) is 0 Å². The summed E-state index contributed by atoms with van der Waals surface area (Å²) in [7, 11) is -4.75. The Morgan fingerprint density at radius 1 is 1.23 bits per heavy atom. The van der Waals surface area contributed by atoms with Gasteiger partial charge in [-0.3, -0.25) is 9.55 Å². The summed E-state index contributed by atoms with van der Waals surface area (Å²) in [6.45, 7) is 0.674. The summed E-state index contributed by atoms with van der Waals surface area (Å²) in [5.41, 5.74) is -0.396. The van der Waals surface area contributed by atoms with Crippen LogP contribution in [0.3, 0.4) is 0 Å². The second-order valence-electron chi connectivity index (χ2n) is 6.25. The van der Waals surface area contributed by atoms with Gasteiger partial charge in [-0.05, 0) is 29.8 Å². The first-order chi connectivity index (χ1) is 14.0. The highest BCUT2D eigenvalue weighted by molar-refractivity contribution is 7.89. The molecule has 0 amide bonds. The number of sulfonamides is 1. The average molecular weight is 445 g/mol. The van der Waals surface area contributed by atoms with Gasteiger partial charge in [0.25, 0.3) is 0 Å². The van der Waals surface area contributed by atoms with Gasteiger partial charge in [-0.15, -0.1) is 0 Å². The number of hydrogen-bond donors (Lipinski definition) is 1. The van der Waals surface area contributed by atoms with Crippen LogP contribution in [0.25, 0.3) is 11.0 Å². The molecular formula is C18H15F4N3O4S. The normalized spacial score (nSPS) is 13.7. The fourth-order valence-electron chi connectivity index (χ4n) is 3.09. The molecule has 12 heteroatoms. The molecule has 1 aromatic carbocycles. The fourth-order valence-corrected chi connectivity index (χ4v) is 4.67. The van der Waals surface area contributed by atoms with Gasteiger partial charge in [0.1, 0.15) is 16.8 Å². The van der Waals surface area contributed by atoms with E-state index in [9.17, 15) is 35.9 Å². The standard InChI is InChI=1S/C18H15F4N3O4S/c1-2-25(16(18(20,21)22)11-3-5-12(19)6-4-11)30(28,29)13-9-15-14(23-10-13)7-8-24(15)17(26)27/h3-10,16H,2H2,1H3,(H,26,27). The van der Waals surface area contributed by atoms with Gasteiger partial charge in [0.15, 0.2) is 0 Å². The van der Waals surface area contributed by atoms with E-state index >= 15 is 0 Å². The zero-order valence-corrected chi connectivity index (χ0v) is 16.2. The van der Waals surface area contributed by atoms with Gasteiger partial charge >= 0.3 is 12.3 Å². The highest BCUT2D eigenvalue weighted by atomic mass is 32.2. The topological polar surface area (TPSA) is 92.5 Å². The Balaban J connectivity index is 2.15. The van der Waals surface area contributed by atoms with Crippen LogP contribution in [-0.2, 0) is 10.0 Å². The van der Waals surface area contributed by atoms with Crippen molar-refractivity contribution in [2.24, 2.45) is 0 Å². The first kappa shape index (κ1) is 21.7. The summed E-state index contributed by atoms with van der Waals surface area (Å²) in [6, 6.07) is 3.05. The lowest BCUT2D eigenvalue weighted by molar-refractivity contribution is -0.173. The summed E-state index contributed by atoms with van der Waals surface area (Å²) in [5, 5.41) is 9.18. The quantitative estimate of drug-likeness (QED) is 0.599. The van der Waals surface area contributed by atoms with Crippen molar-refractivity contribution in [1.29, 1.82) is 0 Å². The Bertz CT molecular complexity index is 1190. The molecule has 7 nitrogen and oxygen atoms in total. The molecule has 2 aromatic heterocycles. The molecule has 0 spiro atoms. The van der Waals surface area contributed by atoms with Crippen LogP contribution >= 0.6 is 0 Å². The lowest BCUT2D eigenvalue weighted by Gasteiger charge is -2.31. The Labute approximate surface area is 168 Å². The summed E-state index contributed by atoms with van der Waals surface area (Å²) >= 11 is 0. The lowest BCUT2D eigenvalue weighted by atomic mass is 10.1. The largest absolute Gasteiger partial charge is 0.464 e. The number of aromatic nitrogens is 2. The number of carbonyl (C=O) groups is 1. The maximum absolute atomic E-state index is 13.9. The van der Waals surface area contributed by atoms with Crippen LogP contribution in [0.5, 0.6) is 0 Å². The Morgan fingerprint density at radius 2 is 1.87 bits per heavy atom. The molecule has 0 bridgehead atoms. The number of benzene rings is 1. The second kappa shape index (κ2) is 7.69. The molecule has 0 saturated heterocycles. The van der Waals surface area contributed by atoms with E-state index in [0.717, 1.165) is 42.7 Å². The Hall–Kier alpha value is -2.99. The third-order valence-corrected chi connectivity index (χ3v) is 6.33. The van der Waals surface area contributed by atoms with E-state index in [0.29, 0.717) is 4.57 Å². The van der Waals surface area contributed by atoms with E-state index < -0.39 is 51.2 Å². The van der Waals surface area contributed by atoms with Crippen LogP contribution in [0.2, 0.25) is 0 Å². The molecule has 3 aromatic rings. The maximum atomic E-state index is 13.9. The van der Waals surface area contributed by atoms with E-state index in [2.05, 4.69) is 4.98 Å². The first-order valence-corrected chi connectivity index (χ1v) is 9.95. The van der Waals surface area contributed by atoms with Crippen molar-refractivity contribution >= 4 is 27.1 Å². The van der Waals surface area contributed by atoms with Gasteiger partial charge in [0, 0.05) is 18.9 Å². The molecule has 0 fully saturated rings. The van der Waals surface area contributed by atoms with Crippen LogP contribution in [0.4, 0.5) is 22.4 Å². The lowest BCUT2D eigenvalue weighted by Crippen LogP contribution is -2.42. The number of hydrogen-bond acceptors (Lipinski definition) is 4. The SMILES string of the molecule is CCN(C(c1ccc(F)cc1)C(F)(F)F)S(=O)(=O)c1cnc2ccn(C(=O)O)c2c1. The number of rotatable bonds is 5. The fraction of sp³-hybridized carbons (Fsp3) is 0.222. The summed E-state index contributed by atoms with van der Waals surface area (Å²) in [5.74, 6) is -0.769. The zero-order valence-electron chi connectivity index (χ0n) is 15.3. The number of alkyl halides is 3. The molecule has 0 aliphatic rings. The van der Waals surface area contributed by atoms with E-state index in [-0.39, 0.29) is 15.3 Å². The molecule has 160 valence electrons. The maximum Gasteiger partial charge on any atom is 0.416 e. The molecule has 1 N–H and O–H groups in total. The van der Waals surface area contributed by atoms with Gasteiger partial charge in [-0.25, -0.2) is 17.6 Å². The molecule has 0 aliphatic heterocycles. The van der Waals surface area contributed by atoms with E-state index in [4.69, 9.17) is 0 Å². The summed E-state index contributed by atoms with van der Waals surface area (Å²) in [4.78, 5) is 14.5. The summed E-state index contributed by atoms with van der Waals surface area (Å²) in [6.07, 6.45) is -4.40. The van der Waals surface area contributed by atoms with Gasteiger partial charge in [0.05, 0.1) is 11.0 Å². The van der Waals surface area contributed by atoms with Crippen molar-refractivity contribution in [2.75, 3.05) is 6.54 Å². The molecule has 30 heavy (non-hydrogen) atoms. The molecule has 1 atom stereocenters. The smallest absolute Gasteiger partial charge is 0.416 e. The Kier molecular flexibility index (Phi) is 5.56. The third kappa shape index (κ3) is 3.87. The Morgan fingerprint density at radius 3 is 2.40 bits per heavy atom. The van der Waals surface area contributed by atoms with E-state index in [1.165, 1.54) is 13.0 Å². The summed E-state index contributed by atoms with van der Waals surface area (Å²) < 4.78 is 81.9. The van der Waals surface area contributed by atoms with Crippen LogP contribution in [0, 0.1) is 5.82 Å². The molecule has 0 saturated carbocycles. The zero-order chi connectivity index (χ0) is 22.3. The second-order valence-corrected chi connectivity index (χ2v) is 8.14. The molecule has 1 unspecified atom stereocenters. The van der Waals surface area contributed by atoms with Crippen LogP contribution in [0.1, 0.15) is 18.5 Å². The number of carboxylic acid groups (broad SMARTS) is 1. The first-order valence-electron chi connectivity index (χ1n) is 8.51. The highest BCUT2D eigenvalue weighted by Crippen LogP contribution is 2.40. The minimum absolute atomic E-state index is 0.0926. The van der Waals surface area contributed by atoms with Gasteiger partial charge < -0.3 is 5.11 Å². The predicted octanol–water partition coefficient (Wildman–Crippen LogP) is 4.02. The molecular weight excluding hydrogens is 430 g/mol. The minimum atomic E-state index is -5.00. The number of nitrogens with zero attached hydrogens (tertiary/aromatic N) is 3. The average Bonchev–Trinajstić information content (AvgIpc) is 3.09. The van der Waals surface area contributed by atoms with Gasteiger partial charge in [-0.2, -0.15) is 17.5 Å². The predicted molar refractivity (Wildman–Crippen MR) is 97.9 cm³/mol. The van der Waals surface area contributed by atoms with Crippen LogP contribution in [0.15, 0.2) is 53.7 Å². The number of pyridine rings is 1. The molecule has 0 aliphatic carbocycles. The van der Waals surface area contributed by atoms with Crippen LogP contribution < -0.4 is 0 Å². The monoisotopic (exact) mass is 445 g/mol. The molecule has 2 heterocycles.